The van der Waals surface area contributed by atoms with Gasteiger partial charge in [-0.15, -0.1) is 0 Å². The van der Waals surface area contributed by atoms with Crippen molar-refractivity contribution in [3.8, 4) is 0 Å². The van der Waals surface area contributed by atoms with E-state index in [2.05, 4.69) is 5.32 Å². The lowest BCUT2D eigenvalue weighted by Crippen LogP contribution is -2.41. The number of hydrogen-bond donors (Lipinski definition) is 1. The highest BCUT2D eigenvalue weighted by atomic mass is 35.5. The van der Waals surface area contributed by atoms with Gasteiger partial charge >= 0.3 is 0 Å². The molecule has 1 fully saturated rings. The molecule has 0 spiro atoms. The molecule has 1 aromatic rings. The van der Waals surface area contributed by atoms with Crippen LogP contribution in [0.15, 0.2) is 12.1 Å². The maximum atomic E-state index is 10.9. The van der Waals surface area contributed by atoms with E-state index < -0.39 is 4.92 Å². The van der Waals surface area contributed by atoms with E-state index in [1.54, 1.807) is 0 Å². The van der Waals surface area contributed by atoms with Crippen LogP contribution < -0.4 is 5.32 Å². The minimum atomic E-state index is -0.452. The third kappa shape index (κ3) is 2.48. The van der Waals surface area contributed by atoms with Crippen LogP contribution in [0.25, 0.3) is 0 Å². The Hall–Kier alpha value is -1.00. The first-order chi connectivity index (χ1) is 7.91. The van der Waals surface area contributed by atoms with Gasteiger partial charge in [0.25, 0.3) is 5.69 Å². The molecule has 1 saturated carbocycles. The molecule has 0 atom stereocenters. The molecular weight excluding hydrogens is 263 g/mol. The summed E-state index contributed by atoms with van der Waals surface area (Å²) in [5, 5.41) is 14.6. The number of halogens is 2. The molecule has 0 radical (unpaired) electrons. The van der Waals surface area contributed by atoms with Crippen molar-refractivity contribution >= 4 is 34.6 Å². The van der Waals surface area contributed by atoms with Crippen LogP contribution in [-0.2, 0) is 0 Å². The number of rotatable bonds is 3. The first-order valence-corrected chi connectivity index (χ1v) is 6.08. The Balaban J connectivity index is 2.37. The quantitative estimate of drug-likeness (QED) is 0.662. The van der Waals surface area contributed by atoms with E-state index in [0.717, 1.165) is 19.3 Å². The molecule has 0 aliphatic heterocycles. The van der Waals surface area contributed by atoms with Gasteiger partial charge in [0.15, 0.2) is 0 Å². The van der Waals surface area contributed by atoms with E-state index in [-0.39, 0.29) is 16.2 Å². The molecule has 0 saturated heterocycles. The Morgan fingerprint density at radius 3 is 2.41 bits per heavy atom. The Kier molecular flexibility index (Phi) is 3.19. The Bertz CT molecular complexity index is 473. The molecule has 0 bridgehead atoms. The van der Waals surface area contributed by atoms with Crippen molar-refractivity contribution in [2.75, 3.05) is 5.32 Å². The minimum absolute atomic E-state index is 0.0347. The summed E-state index contributed by atoms with van der Waals surface area (Å²) in [5.41, 5.74) is 0.334. The zero-order chi connectivity index (χ0) is 12.6. The topological polar surface area (TPSA) is 55.2 Å². The molecular formula is C11H12Cl2N2O2. The van der Waals surface area contributed by atoms with Crippen LogP contribution in [0.4, 0.5) is 11.4 Å². The van der Waals surface area contributed by atoms with E-state index >= 15 is 0 Å². The molecule has 17 heavy (non-hydrogen) atoms. The summed E-state index contributed by atoms with van der Waals surface area (Å²) < 4.78 is 0. The normalized spacial score (nSPS) is 17.4. The summed E-state index contributed by atoms with van der Waals surface area (Å²) in [5.74, 6) is 0. The SMILES string of the molecule is CC1(Nc2cc(Cl)c(Cl)cc2[N+](=O)[O-])CCC1. The second kappa shape index (κ2) is 4.35. The molecule has 2 rings (SSSR count). The van der Waals surface area contributed by atoms with Crippen molar-refractivity contribution in [1.82, 2.24) is 0 Å². The second-order valence-electron chi connectivity index (χ2n) is 4.58. The third-order valence-corrected chi connectivity index (χ3v) is 3.85. The number of nitrogens with one attached hydrogen (secondary N) is 1. The summed E-state index contributed by atoms with van der Waals surface area (Å²) in [6.07, 6.45) is 3.15. The van der Waals surface area contributed by atoms with Crippen LogP contribution in [0.3, 0.4) is 0 Å². The Morgan fingerprint density at radius 1 is 1.35 bits per heavy atom. The molecule has 0 heterocycles. The molecule has 1 aliphatic rings. The highest BCUT2D eigenvalue weighted by Crippen LogP contribution is 2.40. The third-order valence-electron chi connectivity index (χ3n) is 3.13. The van der Waals surface area contributed by atoms with Crippen LogP contribution in [0.1, 0.15) is 26.2 Å². The van der Waals surface area contributed by atoms with Crippen molar-refractivity contribution < 1.29 is 4.92 Å². The van der Waals surface area contributed by atoms with Crippen molar-refractivity contribution in [3.63, 3.8) is 0 Å². The molecule has 92 valence electrons. The van der Waals surface area contributed by atoms with E-state index in [1.807, 2.05) is 6.92 Å². The van der Waals surface area contributed by atoms with Gasteiger partial charge < -0.3 is 5.32 Å². The van der Waals surface area contributed by atoms with E-state index in [9.17, 15) is 10.1 Å². The van der Waals surface area contributed by atoms with Crippen molar-refractivity contribution in [2.24, 2.45) is 0 Å². The van der Waals surface area contributed by atoms with Gasteiger partial charge in [0.1, 0.15) is 5.69 Å². The maximum Gasteiger partial charge on any atom is 0.293 e. The average Bonchev–Trinajstić information content (AvgIpc) is 2.20. The fourth-order valence-corrected chi connectivity index (χ4v) is 2.27. The van der Waals surface area contributed by atoms with Gasteiger partial charge in [-0.2, -0.15) is 0 Å². The number of nitrogens with zero attached hydrogens (tertiary/aromatic N) is 1. The highest BCUT2D eigenvalue weighted by molar-refractivity contribution is 6.42. The smallest absolute Gasteiger partial charge is 0.293 e. The van der Waals surface area contributed by atoms with Crippen molar-refractivity contribution in [2.45, 2.75) is 31.7 Å². The summed E-state index contributed by atoms with van der Waals surface area (Å²) in [6, 6.07) is 2.81. The number of nitro benzene ring substituents is 1. The molecule has 6 heteroatoms. The van der Waals surface area contributed by atoms with Crippen LogP contribution in [0, 0.1) is 10.1 Å². The number of nitro groups is 1. The summed E-state index contributed by atoms with van der Waals surface area (Å²) in [7, 11) is 0. The van der Waals surface area contributed by atoms with Gasteiger partial charge in [0.05, 0.1) is 15.0 Å². The summed E-state index contributed by atoms with van der Waals surface area (Å²) >= 11 is 11.7. The lowest BCUT2D eigenvalue weighted by Gasteiger charge is -2.39. The molecule has 0 amide bonds. The summed E-state index contributed by atoms with van der Waals surface area (Å²) in [4.78, 5) is 10.5. The fraction of sp³-hybridized carbons (Fsp3) is 0.455. The Morgan fingerprint density at radius 2 is 1.94 bits per heavy atom. The highest BCUT2D eigenvalue weighted by Gasteiger charge is 2.33. The predicted molar refractivity (Wildman–Crippen MR) is 69.0 cm³/mol. The number of anilines is 1. The molecule has 0 unspecified atom stereocenters. The van der Waals surface area contributed by atoms with Gasteiger partial charge in [-0.3, -0.25) is 10.1 Å². The van der Waals surface area contributed by atoms with E-state index in [4.69, 9.17) is 23.2 Å². The zero-order valence-electron chi connectivity index (χ0n) is 9.30. The Labute approximate surface area is 109 Å². The van der Waals surface area contributed by atoms with E-state index in [1.165, 1.54) is 12.1 Å². The van der Waals surface area contributed by atoms with Gasteiger partial charge in [0, 0.05) is 11.6 Å². The van der Waals surface area contributed by atoms with Crippen molar-refractivity contribution in [1.29, 1.82) is 0 Å². The first-order valence-electron chi connectivity index (χ1n) is 5.33. The van der Waals surface area contributed by atoms with Gasteiger partial charge in [-0.05, 0) is 32.3 Å². The average molecular weight is 275 g/mol. The molecule has 4 nitrogen and oxygen atoms in total. The number of benzene rings is 1. The lowest BCUT2D eigenvalue weighted by molar-refractivity contribution is -0.384. The zero-order valence-corrected chi connectivity index (χ0v) is 10.8. The van der Waals surface area contributed by atoms with Crippen LogP contribution in [0.5, 0.6) is 0 Å². The summed E-state index contributed by atoms with van der Waals surface area (Å²) in [6.45, 7) is 2.04. The lowest BCUT2D eigenvalue weighted by atomic mass is 9.78. The monoisotopic (exact) mass is 274 g/mol. The van der Waals surface area contributed by atoms with Gasteiger partial charge in [-0.1, -0.05) is 23.2 Å². The van der Waals surface area contributed by atoms with E-state index in [0.29, 0.717) is 10.7 Å². The first kappa shape index (κ1) is 12.5. The molecule has 0 aromatic heterocycles. The molecule has 1 N–H and O–H groups in total. The predicted octanol–water partition coefficient (Wildman–Crippen LogP) is 4.26. The van der Waals surface area contributed by atoms with Gasteiger partial charge in [-0.25, -0.2) is 0 Å². The van der Waals surface area contributed by atoms with Crippen LogP contribution in [0.2, 0.25) is 10.0 Å². The van der Waals surface area contributed by atoms with Crippen LogP contribution >= 0.6 is 23.2 Å². The maximum absolute atomic E-state index is 10.9. The molecule has 1 aromatic carbocycles. The standard InChI is InChI=1S/C11H12Cl2N2O2/c1-11(3-2-4-11)14-9-5-7(12)8(13)6-10(9)15(16)17/h5-6,14H,2-4H2,1H3. The second-order valence-corrected chi connectivity index (χ2v) is 5.39. The van der Waals surface area contributed by atoms with Crippen LogP contribution in [-0.4, -0.2) is 10.5 Å². The van der Waals surface area contributed by atoms with Crippen molar-refractivity contribution in [3.05, 3.63) is 32.3 Å². The number of hydrogen-bond acceptors (Lipinski definition) is 3. The van der Waals surface area contributed by atoms with Gasteiger partial charge in [0.2, 0.25) is 0 Å². The largest absolute Gasteiger partial charge is 0.374 e. The molecule has 1 aliphatic carbocycles. The fourth-order valence-electron chi connectivity index (χ4n) is 1.94. The minimum Gasteiger partial charge on any atom is -0.374 e.